The molecule has 0 aliphatic carbocycles. The van der Waals surface area contributed by atoms with Crippen LogP contribution in [0.4, 0.5) is 0 Å². The maximum Gasteiger partial charge on any atom is 0.103 e. The van der Waals surface area contributed by atoms with Gasteiger partial charge in [-0.2, -0.15) is 0 Å². The Balaban J connectivity index is 2.38. The van der Waals surface area contributed by atoms with Crippen LogP contribution in [0.2, 0.25) is 0 Å². The minimum Gasteiger partial charge on any atom is -0.390 e. The van der Waals surface area contributed by atoms with Crippen molar-refractivity contribution in [2.45, 2.75) is 24.1 Å². The third-order valence-corrected chi connectivity index (χ3v) is 2.23. The van der Waals surface area contributed by atoms with Crippen molar-refractivity contribution in [1.82, 2.24) is 0 Å². The van der Waals surface area contributed by atoms with Gasteiger partial charge in [0.1, 0.15) is 5.44 Å². The van der Waals surface area contributed by atoms with E-state index in [1.165, 1.54) is 0 Å². The van der Waals surface area contributed by atoms with Crippen molar-refractivity contribution in [2.75, 3.05) is 6.16 Å². The number of ether oxygens (including phenoxy) is 1. The minimum atomic E-state index is -0.315. The minimum absolute atomic E-state index is 0.0162. The molecule has 0 saturated carbocycles. The lowest BCUT2D eigenvalue weighted by Crippen LogP contribution is -2.21. The smallest absolute Gasteiger partial charge is 0.103 e. The van der Waals surface area contributed by atoms with E-state index in [-0.39, 0.29) is 17.6 Å². The molecule has 1 heterocycles. The molecule has 1 fully saturated rings. The van der Waals surface area contributed by atoms with Crippen LogP contribution in [0.25, 0.3) is 0 Å². The highest BCUT2D eigenvalue weighted by Crippen LogP contribution is 2.23. The Morgan fingerprint density at radius 2 is 2.44 bits per heavy atom. The monoisotopic (exact) mass is 166 g/mol. The first kappa shape index (κ1) is 7.80. The molecule has 4 atom stereocenters. The Kier molecular flexibility index (Phi) is 2.77. The highest BCUT2D eigenvalue weighted by molar-refractivity contribution is 7.80. The van der Waals surface area contributed by atoms with E-state index in [1.807, 2.05) is 0 Å². The highest BCUT2D eigenvalue weighted by Gasteiger charge is 2.30. The van der Waals surface area contributed by atoms with Crippen LogP contribution >= 0.6 is 21.9 Å². The average molecular weight is 166 g/mol. The maximum atomic E-state index is 9.17. The second kappa shape index (κ2) is 3.20. The third kappa shape index (κ3) is 1.81. The van der Waals surface area contributed by atoms with E-state index < -0.39 is 0 Å². The maximum absolute atomic E-state index is 9.17. The molecule has 0 aromatic heterocycles. The Morgan fingerprint density at radius 3 is 2.67 bits per heavy atom. The first-order valence-corrected chi connectivity index (χ1v) is 4.29. The zero-order valence-corrected chi connectivity index (χ0v) is 7.08. The van der Waals surface area contributed by atoms with E-state index in [1.54, 1.807) is 0 Å². The first-order valence-electron chi connectivity index (χ1n) is 2.95. The topological polar surface area (TPSA) is 29.5 Å². The number of hydrogen-bond donors (Lipinski definition) is 2. The van der Waals surface area contributed by atoms with Crippen molar-refractivity contribution in [3.05, 3.63) is 0 Å². The Bertz CT molecular complexity index is 101. The molecule has 54 valence electrons. The Hall–Kier alpha value is 0.700. The predicted octanol–water partition coefficient (Wildman–Crippen LogP) is 0.267. The van der Waals surface area contributed by atoms with Crippen LogP contribution in [0.1, 0.15) is 6.42 Å². The summed E-state index contributed by atoms with van der Waals surface area (Å²) in [5.74, 6) is 0. The van der Waals surface area contributed by atoms with Gasteiger partial charge in [-0.3, -0.25) is 0 Å². The molecule has 2 nitrogen and oxygen atoms in total. The molecule has 0 radical (unpaired) electrons. The summed E-state index contributed by atoms with van der Waals surface area (Å²) in [4.78, 5) is 0. The van der Waals surface area contributed by atoms with Gasteiger partial charge >= 0.3 is 0 Å². The van der Waals surface area contributed by atoms with Gasteiger partial charge in [0.2, 0.25) is 0 Å². The number of rotatable bonds is 1. The Labute approximate surface area is 62.6 Å². The number of hydrogen-bond acceptors (Lipinski definition) is 3. The standard InChI is InChI=1S/C5H11O2PS/c6-3-1-5(9)7-4(3)2-8/h3-6,9H,1-2,8H2/t3?,4-,5?/m1/s1. The lowest BCUT2D eigenvalue weighted by Gasteiger charge is -2.09. The van der Waals surface area contributed by atoms with Crippen LogP contribution in [0.3, 0.4) is 0 Å². The summed E-state index contributed by atoms with van der Waals surface area (Å²) in [6.45, 7) is 0. The van der Waals surface area contributed by atoms with Crippen LogP contribution < -0.4 is 0 Å². The van der Waals surface area contributed by atoms with Crippen molar-refractivity contribution < 1.29 is 9.84 Å². The summed E-state index contributed by atoms with van der Waals surface area (Å²) in [7, 11) is 2.54. The molecule has 1 N–H and O–H groups in total. The average Bonchev–Trinajstić information content (AvgIpc) is 2.10. The molecule has 0 spiro atoms. The normalized spacial score (nSPS) is 43.7. The van der Waals surface area contributed by atoms with Crippen molar-refractivity contribution in [3.8, 4) is 0 Å². The molecule has 1 rings (SSSR count). The van der Waals surface area contributed by atoms with Gasteiger partial charge in [-0.05, 0) is 6.16 Å². The van der Waals surface area contributed by atoms with E-state index in [0.29, 0.717) is 6.42 Å². The molecule has 1 aliphatic rings. The fourth-order valence-electron chi connectivity index (χ4n) is 0.919. The molecule has 0 amide bonds. The summed E-state index contributed by atoms with van der Waals surface area (Å²) in [5.41, 5.74) is -0.0643. The van der Waals surface area contributed by atoms with Gasteiger partial charge in [-0.25, -0.2) is 0 Å². The fraction of sp³-hybridized carbons (Fsp3) is 1.00. The van der Waals surface area contributed by atoms with E-state index in [9.17, 15) is 5.11 Å². The number of aliphatic hydroxyl groups is 1. The highest BCUT2D eigenvalue weighted by atomic mass is 32.1. The zero-order valence-electron chi connectivity index (χ0n) is 5.03. The number of aliphatic hydroxyl groups excluding tert-OH is 1. The molecule has 3 unspecified atom stereocenters. The van der Waals surface area contributed by atoms with Crippen LogP contribution in [0, 0.1) is 0 Å². The largest absolute Gasteiger partial charge is 0.390 e. The lowest BCUT2D eigenvalue weighted by molar-refractivity contribution is 0.0512. The summed E-state index contributed by atoms with van der Waals surface area (Å²) < 4.78 is 5.22. The fourth-order valence-corrected chi connectivity index (χ4v) is 1.72. The SMILES string of the molecule is OC1CC(S)O[C@@H]1CP. The van der Waals surface area contributed by atoms with Gasteiger partial charge in [-0.1, -0.05) is 0 Å². The van der Waals surface area contributed by atoms with Crippen molar-refractivity contribution in [3.63, 3.8) is 0 Å². The van der Waals surface area contributed by atoms with E-state index in [0.717, 1.165) is 6.16 Å². The van der Waals surface area contributed by atoms with Gasteiger partial charge < -0.3 is 9.84 Å². The second-order valence-corrected chi connectivity index (χ2v) is 3.22. The molecule has 0 aromatic rings. The van der Waals surface area contributed by atoms with Crippen molar-refractivity contribution in [1.29, 1.82) is 0 Å². The predicted molar refractivity (Wildman–Crippen MR) is 42.8 cm³/mol. The van der Waals surface area contributed by atoms with E-state index in [4.69, 9.17) is 4.74 Å². The lowest BCUT2D eigenvalue weighted by atomic mass is 10.2. The molecule has 1 aliphatic heterocycles. The number of thiol groups is 1. The van der Waals surface area contributed by atoms with Crippen LogP contribution in [0.5, 0.6) is 0 Å². The van der Waals surface area contributed by atoms with Gasteiger partial charge in [0.15, 0.2) is 0 Å². The molecule has 0 aromatic carbocycles. The van der Waals surface area contributed by atoms with Gasteiger partial charge in [0.25, 0.3) is 0 Å². The van der Waals surface area contributed by atoms with E-state index in [2.05, 4.69) is 21.9 Å². The van der Waals surface area contributed by atoms with Crippen LogP contribution in [0.15, 0.2) is 0 Å². The van der Waals surface area contributed by atoms with Gasteiger partial charge in [0, 0.05) is 6.42 Å². The van der Waals surface area contributed by atoms with E-state index >= 15 is 0 Å². The van der Waals surface area contributed by atoms with Gasteiger partial charge in [0.05, 0.1) is 12.2 Å². The van der Waals surface area contributed by atoms with Crippen LogP contribution in [-0.2, 0) is 4.74 Å². The van der Waals surface area contributed by atoms with Crippen molar-refractivity contribution in [2.24, 2.45) is 0 Å². The molecule has 9 heavy (non-hydrogen) atoms. The first-order chi connectivity index (χ1) is 4.24. The van der Waals surface area contributed by atoms with Crippen molar-refractivity contribution >= 4 is 21.9 Å². The van der Waals surface area contributed by atoms with Crippen LogP contribution in [-0.4, -0.2) is 28.9 Å². The molecular weight excluding hydrogens is 155 g/mol. The summed E-state index contributed by atoms with van der Waals surface area (Å²) in [5, 5.41) is 9.17. The quantitative estimate of drug-likeness (QED) is 0.432. The third-order valence-electron chi connectivity index (χ3n) is 1.44. The summed E-state index contributed by atoms with van der Waals surface area (Å²) in [6, 6.07) is 0. The Morgan fingerprint density at radius 1 is 1.78 bits per heavy atom. The second-order valence-electron chi connectivity index (χ2n) is 2.17. The molecular formula is C5H11O2PS. The molecule has 0 bridgehead atoms. The summed E-state index contributed by atoms with van der Waals surface area (Å²) >= 11 is 4.07. The van der Waals surface area contributed by atoms with Gasteiger partial charge in [-0.15, -0.1) is 21.9 Å². The molecule has 1 saturated heterocycles. The molecule has 4 heteroatoms. The zero-order chi connectivity index (χ0) is 6.85. The summed E-state index contributed by atoms with van der Waals surface area (Å²) in [6.07, 6.45) is 1.11.